The van der Waals surface area contributed by atoms with Crippen molar-refractivity contribution in [3.8, 4) is 0 Å². The number of ether oxygens (including phenoxy) is 1. The quantitative estimate of drug-likeness (QED) is 0.585. The second-order valence-corrected chi connectivity index (χ2v) is 4.49. The molecule has 0 fully saturated rings. The summed E-state index contributed by atoms with van der Waals surface area (Å²) in [6.07, 6.45) is 2.95. The molecular weight excluding hydrogens is 289 g/mol. The van der Waals surface area contributed by atoms with Crippen LogP contribution in [0, 0.1) is 5.82 Å². The van der Waals surface area contributed by atoms with Gasteiger partial charge in [-0.2, -0.15) is 0 Å². The Morgan fingerprint density at radius 2 is 1.95 bits per heavy atom. The van der Waals surface area contributed by atoms with E-state index in [0.29, 0.717) is 5.56 Å². The highest BCUT2D eigenvalue weighted by Gasteiger charge is 2.12. The molecule has 1 N–H and O–H groups in total. The lowest BCUT2D eigenvalue weighted by Gasteiger charge is -2.19. The summed E-state index contributed by atoms with van der Waals surface area (Å²) in [4.78, 5) is 24.7. The molecular formula is C16H20FNO4. The molecule has 6 heteroatoms. The van der Waals surface area contributed by atoms with Crippen LogP contribution in [0.3, 0.4) is 0 Å². The SMILES string of the molecule is CCOC(=O)CCN(CCO)C(=O)/C=C/c1ccc(F)cc1. The van der Waals surface area contributed by atoms with Crippen molar-refractivity contribution < 1.29 is 23.8 Å². The molecule has 0 spiro atoms. The molecule has 0 aliphatic heterocycles. The largest absolute Gasteiger partial charge is 0.466 e. The second-order valence-electron chi connectivity index (χ2n) is 4.49. The molecule has 0 bridgehead atoms. The Kier molecular flexibility index (Phi) is 7.85. The third-order valence-electron chi connectivity index (χ3n) is 2.86. The van der Waals surface area contributed by atoms with Gasteiger partial charge in [-0.05, 0) is 30.7 Å². The first-order chi connectivity index (χ1) is 10.6. The number of carbonyl (C=O) groups is 2. The number of halogens is 1. The molecule has 5 nitrogen and oxygen atoms in total. The Morgan fingerprint density at radius 3 is 2.55 bits per heavy atom. The second kappa shape index (κ2) is 9.68. The first-order valence-corrected chi connectivity index (χ1v) is 7.06. The van der Waals surface area contributed by atoms with Gasteiger partial charge < -0.3 is 14.7 Å². The van der Waals surface area contributed by atoms with E-state index in [1.807, 2.05) is 0 Å². The van der Waals surface area contributed by atoms with Gasteiger partial charge in [0.05, 0.1) is 19.6 Å². The third kappa shape index (κ3) is 6.49. The molecule has 120 valence electrons. The Hall–Kier alpha value is -2.21. The zero-order chi connectivity index (χ0) is 16.4. The molecule has 0 saturated heterocycles. The summed E-state index contributed by atoms with van der Waals surface area (Å²) in [5, 5.41) is 8.99. The molecule has 0 heterocycles. The highest BCUT2D eigenvalue weighted by molar-refractivity contribution is 5.92. The number of esters is 1. The van der Waals surface area contributed by atoms with E-state index in [1.54, 1.807) is 25.1 Å². The van der Waals surface area contributed by atoms with Gasteiger partial charge in [0.15, 0.2) is 0 Å². The molecule has 1 aromatic rings. The van der Waals surface area contributed by atoms with E-state index in [0.717, 1.165) is 0 Å². The van der Waals surface area contributed by atoms with Crippen LogP contribution >= 0.6 is 0 Å². The molecule has 0 aliphatic carbocycles. The van der Waals surface area contributed by atoms with Crippen LogP contribution in [0.5, 0.6) is 0 Å². The fourth-order valence-electron chi connectivity index (χ4n) is 1.76. The maximum atomic E-state index is 12.8. The minimum atomic E-state index is -0.388. The van der Waals surface area contributed by atoms with Crippen LogP contribution in [0.4, 0.5) is 4.39 Å². The van der Waals surface area contributed by atoms with Crippen LogP contribution in [0.1, 0.15) is 18.9 Å². The van der Waals surface area contributed by atoms with Crippen LogP contribution in [-0.4, -0.2) is 48.2 Å². The van der Waals surface area contributed by atoms with Crippen molar-refractivity contribution in [1.29, 1.82) is 0 Å². The molecule has 22 heavy (non-hydrogen) atoms. The number of carbonyl (C=O) groups excluding carboxylic acids is 2. The van der Waals surface area contributed by atoms with Crippen molar-refractivity contribution in [3.05, 3.63) is 41.7 Å². The number of hydrogen-bond acceptors (Lipinski definition) is 4. The van der Waals surface area contributed by atoms with Gasteiger partial charge in [0.25, 0.3) is 0 Å². The van der Waals surface area contributed by atoms with Crippen LogP contribution in [-0.2, 0) is 14.3 Å². The van der Waals surface area contributed by atoms with Crippen molar-refractivity contribution in [1.82, 2.24) is 4.90 Å². The number of aliphatic hydroxyl groups excluding tert-OH is 1. The Labute approximate surface area is 129 Å². The predicted octanol–water partition coefficient (Wildman–Crippen LogP) is 1.61. The molecule has 0 aliphatic rings. The standard InChI is InChI=1S/C16H20FNO4/c1-2-22-16(21)9-10-18(11-12-19)15(20)8-5-13-3-6-14(17)7-4-13/h3-8,19H,2,9-12H2,1H3/b8-5+. The van der Waals surface area contributed by atoms with Gasteiger partial charge >= 0.3 is 5.97 Å². The zero-order valence-electron chi connectivity index (χ0n) is 12.5. The maximum Gasteiger partial charge on any atom is 0.307 e. The molecule has 1 rings (SSSR count). The van der Waals surface area contributed by atoms with Crippen molar-refractivity contribution >= 4 is 18.0 Å². The Morgan fingerprint density at radius 1 is 1.27 bits per heavy atom. The number of benzene rings is 1. The molecule has 0 radical (unpaired) electrons. The van der Waals surface area contributed by atoms with Gasteiger partial charge in [-0.15, -0.1) is 0 Å². The predicted molar refractivity (Wildman–Crippen MR) is 80.3 cm³/mol. The van der Waals surface area contributed by atoms with Crippen LogP contribution in [0.2, 0.25) is 0 Å². The highest BCUT2D eigenvalue weighted by atomic mass is 19.1. The first kappa shape index (κ1) is 17.8. The lowest BCUT2D eigenvalue weighted by molar-refractivity contribution is -0.143. The van der Waals surface area contributed by atoms with E-state index in [2.05, 4.69) is 0 Å². The molecule has 0 atom stereocenters. The fourth-order valence-corrected chi connectivity index (χ4v) is 1.76. The van der Waals surface area contributed by atoms with Crippen molar-refractivity contribution in [2.24, 2.45) is 0 Å². The summed E-state index contributed by atoms with van der Waals surface area (Å²) >= 11 is 0. The lowest BCUT2D eigenvalue weighted by Crippen LogP contribution is -2.34. The molecule has 0 saturated carbocycles. The number of aliphatic hydroxyl groups is 1. The van der Waals surface area contributed by atoms with Gasteiger partial charge in [0.1, 0.15) is 5.82 Å². The van der Waals surface area contributed by atoms with Crippen LogP contribution < -0.4 is 0 Å². The van der Waals surface area contributed by atoms with Crippen LogP contribution in [0.15, 0.2) is 30.3 Å². The molecule has 0 aromatic heterocycles. The topological polar surface area (TPSA) is 66.8 Å². The maximum absolute atomic E-state index is 12.8. The van der Waals surface area contributed by atoms with Crippen molar-refractivity contribution in [3.63, 3.8) is 0 Å². The number of hydrogen-bond donors (Lipinski definition) is 1. The Balaban J connectivity index is 2.60. The van der Waals surface area contributed by atoms with E-state index in [1.165, 1.54) is 23.1 Å². The van der Waals surface area contributed by atoms with Gasteiger partial charge in [-0.25, -0.2) is 4.39 Å². The van der Waals surface area contributed by atoms with E-state index in [9.17, 15) is 14.0 Å². The monoisotopic (exact) mass is 309 g/mol. The van der Waals surface area contributed by atoms with Gasteiger partial charge in [-0.3, -0.25) is 9.59 Å². The summed E-state index contributed by atoms with van der Waals surface area (Å²) in [5.41, 5.74) is 0.684. The third-order valence-corrected chi connectivity index (χ3v) is 2.86. The van der Waals surface area contributed by atoms with E-state index >= 15 is 0 Å². The normalized spacial score (nSPS) is 10.7. The van der Waals surface area contributed by atoms with Gasteiger partial charge in [0, 0.05) is 19.2 Å². The molecule has 0 unspecified atom stereocenters. The molecule has 1 amide bonds. The average molecular weight is 309 g/mol. The smallest absolute Gasteiger partial charge is 0.307 e. The number of nitrogens with zero attached hydrogens (tertiary/aromatic N) is 1. The van der Waals surface area contributed by atoms with E-state index in [4.69, 9.17) is 9.84 Å². The fraction of sp³-hybridized carbons (Fsp3) is 0.375. The van der Waals surface area contributed by atoms with Crippen LogP contribution in [0.25, 0.3) is 6.08 Å². The lowest BCUT2D eigenvalue weighted by atomic mass is 10.2. The van der Waals surface area contributed by atoms with Gasteiger partial charge in [0.2, 0.25) is 5.91 Å². The minimum Gasteiger partial charge on any atom is -0.466 e. The summed E-state index contributed by atoms with van der Waals surface area (Å²) in [7, 11) is 0. The van der Waals surface area contributed by atoms with E-state index in [-0.39, 0.29) is 50.4 Å². The summed E-state index contributed by atoms with van der Waals surface area (Å²) < 4.78 is 17.6. The summed E-state index contributed by atoms with van der Waals surface area (Å²) in [6.45, 7) is 2.11. The van der Waals surface area contributed by atoms with Crippen molar-refractivity contribution in [2.75, 3.05) is 26.3 Å². The van der Waals surface area contributed by atoms with Crippen molar-refractivity contribution in [2.45, 2.75) is 13.3 Å². The Bertz CT molecular complexity index is 513. The van der Waals surface area contributed by atoms with Gasteiger partial charge in [-0.1, -0.05) is 12.1 Å². The zero-order valence-corrected chi connectivity index (χ0v) is 12.5. The first-order valence-electron chi connectivity index (χ1n) is 7.06. The molecule has 1 aromatic carbocycles. The summed E-state index contributed by atoms with van der Waals surface area (Å²) in [6, 6.07) is 5.70. The minimum absolute atomic E-state index is 0.0734. The number of amides is 1. The number of rotatable bonds is 8. The summed E-state index contributed by atoms with van der Waals surface area (Å²) in [5.74, 6) is -1.07. The highest BCUT2D eigenvalue weighted by Crippen LogP contribution is 2.05. The van der Waals surface area contributed by atoms with E-state index < -0.39 is 0 Å². The average Bonchev–Trinajstić information content (AvgIpc) is 2.51.